The molecule has 0 fully saturated rings. The lowest BCUT2D eigenvalue weighted by atomic mass is 9.93. The molecule has 34 nitrogen and oxygen atoms in total. The van der Waals surface area contributed by atoms with Crippen LogP contribution in [0.15, 0.2) is 146 Å². The number of rotatable bonds is 10. The van der Waals surface area contributed by atoms with Gasteiger partial charge in [0.15, 0.2) is 98.8 Å². The molecule has 0 saturated heterocycles. The van der Waals surface area contributed by atoms with Crippen molar-refractivity contribution < 1.29 is 170 Å². The summed E-state index contributed by atoms with van der Waals surface area (Å²) in [5.74, 6) is -10.9. The van der Waals surface area contributed by atoms with E-state index in [9.17, 15) is 137 Å². The summed E-state index contributed by atoms with van der Waals surface area (Å²) in [6.45, 7) is 6.27. The predicted octanol–water partition coefficient (Wildman–Crippen LogP) is 11.0. The second-order valence-corrected chi connectivity index (χ2v) is 28.2. The summed E-state index contributed by atoms with van der Waals surface area (Å²) in [5, 5.41) is 237. The molecule has 15 rings (SSSR count). The number of ether oxygens (including phenoxy) is 7. The molecule has 0 aliphatic carbocycles. The van der Waals surface area contributed by atoms with Crippen molar-refractivity contribution in [3.8, 4) is 155 Å². The Labute approximate surface area is 671 Å². The van der Waals surface area contributed by atoms with Crippen molar-refractivity contribution in [1.82, 2.24) is 0 Å². The van der Waals surface area contributed by atoms with E-state index in [0.717, 1.165) is 66.2 Å². The molecule has 620 valence electrons. The number of aliphatic hydroxyl groups is 1. The quantitative estimate of drug-likeness (QED) is 0.0343. The summed E-state index contributed by atoms with van der Waals surface area (Å²) in [5.41, 5.74) is 3.93. The van der Waals surface area contributed by atoms with Crippen LogP contribution in [0.1, 0.15) is 122 Å². The molecule has 4 heterocycles. The van der Waals surface area contributed by atoms with Crippen LogP contribution < -0.4 is 18.9 Å². The third-order valence-electron chi connectivity index (χ3n) is 19.7. The fourth-order valence-corrected chi connectivity index (χ4v) is 13.6. The molecule has 24 N–H and O–H groups in total. The Morgan fingerprint density at radius 1 is 0.261 bits per heavy atom. The number of benzene rings is 11. The molecule has 0 bridgehead atoms. The molecule has 11 aromatic rings. The number of carbonyl (C=O) groups excluding carboxylic acids is 3. The van der Waals surface area contributed by atoms with Gasteiger partial charge in [0.1, 0.15) is 99.2 Å². The highest BCUT2D eigenvalue weighted by molar-refractivity contribution is 5.92. The number of fused-ring (bicyclic) bond motifs is 4. The molecule has 119 heavy (non-hydrogen) atoms. The molecule has 0 aromatic heterocycles. The van der Waals surface area contributed by atoms with Gasteiger partial charge in [-0.25, -0.2) is 14.4 Å². The Hall–Kier alpha value is -15.6. The summed E-state index contributed by atoms with van der Waals surface area (Å²) >= 11 is 0. The topological polar surface area (TPSA) is 601 Å². The van der Waals surface area contributed by atoms with E-state index in [4.69, 9.17) is 33.2 Å². The van der Waals surface area contributed by atoms with Crippen LogP contribution in [0.4, 0.5) is 0 Å². The van der Waals surface area contributed by atoms with Crippen LogP contribution in [0.25, 0.3) is 0 Å². The van der Waals surface area contributed by atoms with Gasteiger partial charge in [0, 0.05) is 113 Å². The highest BCUT2D eigenvalue weighted by atomic mass is 16.6. The number of hydrogen-bond donors (Lipinski definition) is 24. The van der Waals surface area contributed by atoms with Crippen molar-refractivity contribution >= 4 is 17.9 Å². The third-order valence-corrected chi connectivity index (χ3v) is 19.7. The molecule has 0 amide bonds. The Morgan fingerprint density at radius 3 is 0.840 bits per heavy atom. The number of aromatic hydroxyl groups is 23. The maximum atomic E-state index is 12.8. The van der Waals surface area contributed by atoms with Gasteiger partial charge in [0.05, 0.1) is 22.8 Å². The number of phenols is 23. The van der Waals surface area contributed by atoms with E-state index in [1.54, 1.807) is 25.1 Å². The van der Waals surface area contributed by atoms with Gasteiger partial charge in [-0.1, -0.05) is 18.2 Å². The highest BCUT2D eigenvalue weighted by Crippen LogP contribution is 2.51. The van der Waals surface area contributed by atoms with Crippen LogP contribution in [0.2, 0.25) is 0 Å². The van der Waals surface area contributed by atoms with Crippen LogP contribution in [-0.4, -0.2) is 165 Å². The maximum Gasteiger partial charge on any atom is 0.338 e. The van der Waals surface area contributed by atoms with Crippen LogP contribution in [0, 0.1) is 27.7 Å². The first-order chi connectivity index (χ1) is 56.2. The number of esters is 3. The van der Waals surface area contributed by atoms with Gasteiger partial charge in [-0.15, -0.1) is 0 Å². The van der Waals surface area contributed by atoms with E-state index in [1.165, 1.54) is 87.5 Å². The number of hydrogen-bond acceptors (Lipinski definition) is 34. The van der Waals surface area contributed by atoms with Crippen molar-refractivity contribution in [3.05, 3.63) is 229 Å². The van der Waals surface area contributed by atoms with Crippen LogP contribution in [0.5, 0.6) is 155 Å². The zero-order chi connectivity index (χ0) is 86.3. The summed E-state index contributed by atoms with van der Waals surface area (Å²) in [4.78, 5) is 38.5. The summed E-state index contributed by atoms with van der Waals surface area (Å²) in [6, 6.07) is 30.4. The summed E-state index contributed by atoms with van der Waals surface area (Å²) in [6.07, 6.45) is -7.79. The third kappa shape index (κ3) is 17.6. The van der Waals surface area contributed by atoms with Gasteiger partial charge in [0.25, 0.3) is 0 Å². The van der Waals surface area contributed by atoms with E-state index in [-0.39, 0.29) is 173 Å². The van der Waals surface area contributed by atoms with Crippen molar-refractivity contribution in [2.45, 2.75) is 102 Å². The Kier molecular flexibility index (Phi) is 23.0. The van der Waals surface area contributed by atoms with Gasteiger partial charge in [-0.3, -0.25) is 0 Å². The molecule has 4 aliphatic heterocycles. The molecule has 0 spiro atoms. The van der Waals surface area contributed by atoms with Crippen molar-refractivity contribution in [2.24, 2.45) is 0 Å². The fraction of sp³-hybridized carbons (Fsp3) is 0.188. The molecule has 8 atom stereocenters. The van der Waals surface area contributed by atoms with Crippen molar-refractivity contribution in [2.75, 3.05) is 0 Å². The summed E-state index contributed by atoms with van der Waals surface area (Å²) < 4.78 is 40.1. The molecule has 0 unspecified atom stereocenters. The Bertz CT molecular complexity index is 5530. The normalized spacial score (nSPS) is 17.8. The zero-order valence-electron chi connectivity index (χ0n) is 62.6. The van der Waals surface area contributed by atoms with E-state index in [1.807, 2.05) is 0 Å². The van der Waals surface area contributed by atoms with E-state index in [0.29, 0.717) is 28.0 Å². The SMILES string of the molecule is Cc1cc(C(=O)O[C@@H]2Cc3c(O)cc(O)cc3O[C@@H]2c2cc(O)c(O)c(O)c2)cc(O)c1O.Cc1cc(C(=O)O[C@@H]2Cc3c(O)cc(O)cc3O[C@@H]2c2ccc(O)c(O)c2)cc(O)c1O.Cc1cc(C(=O)O[C@@H]2Cc3c(O)cc(O)cc3O[C@H]2c2cc(O)c(O)c(O)c2)cc(O)c1O.Cc1ccc([C@@H]2Oc3cc(O)cc(O)c3C[C@@H]2O)cc1O. The van der Waals surface area contributed by atoms with Crippen LogP contribution >= 0.6 is 0 Å². The van der Waals surface area contributed by atoms with Crippen molar-refractivity contribution in [1.29, 1.82) is 0 Å². The number of aliphatic hydroxyl groups excluding tert-OH is 1. The Morgan fingerprint density at radius 2 is 0.529 bits per heavy atom. The smallest absolute Gasteiger partial charge is 0.338 e. The maximum absolute atomic E-state index is 12.8. The minimum Gasteiger partial charge on any atom is -0.508 e. The molecule has 0 saturated carbocycles. The fourth-order valence-electron chi connectivity index (χ4n) is 13.6. The second kappa shape index (κ2) is 33.1. The number of carbonyl (C=O) groups is 3. The predicted molar refractivity (Wildman–Crippen MR) is 410 cm³/mol. The standard InChI is InChI=1S/2C23H20O10.C23H20O9.C16H16O5/c2*1-9-2-11(5-15(26)20(9)29)23(31)33-19-8-13-14(25)6-12(24)7-18(13)32-22(19)10-3-16(27)21(30)17(28)4-10;1-10-4-12(6-18(28)21(10)29)23(30)32-20-9-14-16(26)7-13(24)8-19(14)31-22(20)11-2-3-15(25)17(27)5-11;1-8-2-3-9(4-12(8)18)16-14(20)7-11-13(19)5-10(17)6-15(11)21-16/h2*2-7,19,22,24-30H,8H2,1H3;2-8,20,22,24-29H,9H2,1H3;2-6,14,16-20H,7H2,1H3/t19-,22+;19-,22-;20-,22-;14-,16-/m1110/s1. The summed E-state index contributed by atoms with van der Waals surface area (Å²) in [7, 11) is 0. The first-order valence-electron chi connectivity index (χ1n) is 35.7. The van der Waals surface area contributed by atoms with Gasteiger partial charge < -0.3 is 156 Å². The van der Waals surface area contributed by atoms with E-state index < -0.39 is 124 Å². The van der Waals surface area contributed by atoms with Crippen LogP contribution in [0.3, 0.4) is 0 Å². The van der Waals surface area contributed by atoms with Gasteiger partial charge >= 0.3 is 17.9 Å². The van der Waals surface area contributed by atoms with Crippen molar-refractivity contribution in [3.63, 3.8) is 0 Å². The zero-order valence-corrected chi connectivity index (χ0v) is 62.6. The van der Waals surface area contributed by atoms with Gasteiger partial charge in [-0.2, -0.15) is 0 Å². The molecular weight excluding hydrogens is 1560 g/mol. The first kappa shape index (κ1) is 82.8. The largest absolute Gasteiger partial charge is 0.508 e. The molecular formula is C85H76O34. The van der Waals surface area contributed by atoms with Crippen LogP contribution in [-0.2, 0) is 39.9 Å². The molecule has 11 aromatic carbocycles. The van der Waals surface area contributed by atoms with Gasteiger partial charge in [0.2, 0.25) is 0 Å². The monoisotopic (exact) mass is 1640 g/mol. The van der Waals surface area contributed by atoms with E-state index >= 15 is 0 Å². The number of aryl methyl sites for hydroxylation is 4. The highest BCUT2D eigenvalue weighted by Gasteiger charge is 2.42. The lowest BCUT2D eigenvalue weighted by Crippen LogP contribution is -2.34. The average molecular weight is 1640 g/mol. The molecule has 34 heteroatoms. The molecule has 0 radical (unpaired) electrons. The lowest BCUT2D eigenvalue weighted by molar-refractivity contribution is -0.0192. The minimum atomic E-state index is -1.12. The van der Waals surface area contributed by atoms with E-state index in [2.05, 4.69) is 0 Å². The minimum absolute atomic E-state index is 0.00849. The average Bonchev–Trinajstić information content (AvgIpc) is 0.789. The first-order valence-corrected chi connectivity index (χ1v) is 35.7. The Balaban J connectivity index is 0.000000147. The molecule has 4 aliphatic rings. The van der Waals surface area contributed by atoms with Gasteiger partial charge in [-0.05, 0) is 134 Å². The number of phenolic OH excluding ortho intramolecular Hbond substituents is 23. The lowest BCUT2D eigenvalue weighted by Gasteiger charge is -2.34. The second-order valence-electron chi connectivity index (χ2n) is 28.2.